The summed E-state index contributed by atoms with van der Waals surface area (Å²) in [6.07, 6.45) is 7.02. The minimum atomic E-state index is -2.75. The van der Waals surface area contributed by atoms with Crippen LogP contribution in [-0.4, -0.2) is 89.7 Å². The van der Waals surface area contributed by atoms with Crippen molar-refractivity contribution in [1.82, 2.24) is 30.3 Å². The number of amides is 2. The molecule has 2 amide bonds. The minimum absolute atomic E-state index is 0.157. The van der Waals surface area contributed by atoms with Gasteiger partial charge in [-0.1, -0.05) is 0 Å². The number of aromatic nitrogens is 3. The van der Waals surface area contributed by atoms with Crippen molar-refractivity contribution in [2.75, 3.05) is 44.2 Å². The third kappa shape index (κ3) is 3.20. The summed E-state index contributed by atoms with van der Waals surface area (Å²) >= 11 is 0. The molecule has 32 heavy (non-hydrogen) atoms. The molecule has 0 unspecified atom stereocenters. The SMILES string of the molecule is O=C(N1CC2(CC(CNC3CS(=O)(=O)C3)C2)C1)N1CC2(CC(c3n[nH]c(C4CC4)n3)C2)C1. The van der Waals surface area contributed by atoms with Gasteiger partial charge in [-0.05, 0) is 51.0 Å². The first-order valence-electron chi connectivity index (χ1n) is 12.2. The fraction of sp³-hybridized carbons (Fsp3) is 0.864. The molecule has 0 aromatic carbocycles. The highest BCUT2D eigenvalue weighted by molar-refractivity contribution is 7.92. The summed E-state index contributed by atoms with van der Waals surface area (Å²) < 4.78 is 22.5. The Morgan fingerprint density at radius 1 is 1.00 bits per heavy atom. The van der Waals surface area contributed by atoms with Gasteiger partial charge in [0.15, 0.2) is 15.7 Å². The molecular formula is C22H32N6O3S. The number of urea groups is 1. The van der Waals surface area contributed by atoms with Gasteiger partial charge in [0.2, 0.25) is 0 Å². The Balaban J connectivity index is 0.821. The van der Waals surface area contributed by atoms with E-state index in [0.29, 0.717) is 40.1 Å². The van der Waals surface area contributed by atoms with Crippen LogP contribution in [0.5, 0.6) is 0 Å². The molecule has 0 bridgehead atoms. The van der Waals surface area contributed by atoms with E-state index in [9.17, 15) is 13.2 Å². The summed E-state index contributed by atoms with van der Waals surface area (Å²) in [5.74, 6) is 4.36. The predicted molar refractivity (Wildman–Crippen MR) is 117 cm³/mol. The molecule has 2 spiro atoms. The molecule has 6 aliphatic rings. The van der Waals surface area contributed by atoms with Crippen LogP contribution >= 0.6 is 0 Å². The van der Waals surface area contributed by atoms with Gasteiger partial charge in [-0.3, -0.25) is 5.10 Å². The number of nitrogens with one attached hydrogen (secondary N) is 2. The molecule has 3 aliphatic heterocycles. The van der Waals surface area contributed by atoms with Gasteiger partial charge in [-0.2, -0.15) is 5.10 Å². The molecule has 3 saturated heterocycles. The van der Waals surface area contributed by atoms with Crippen molar-refractivity contribution in [2.24, 2.45) is 16.7 Å². The number of aromatic amines is 1. The Labute approximate surface area is 188 Å². The Kier molecular flexibility index (Phi) is 3.99. The first-order valence-corrected chi connectivity index (χ1v) is 14.0. The zero-order valence-electron chi connectivity index (χ0n) is 18.4. The van der Waals surface area contributed by atoms with Crippen LogP contribution in [0.1, 0.15) is 62.0 Å². The molecule has 10 heteroatoms. The van der Waals surface area contributed by atoms with Gasteiger partial charge < -0.3 is 15.1 Å². The first-order chi connectivity index (χ1) is 15.3. The predicted octanol–water partition coefficient (Wildman–Crippen LogP) is 1.08. The van der Waals surface area contributed by atoms with Gasteiger partial charge in [-0.25, -0.2) is 18.2 Å². The summed E-state index contributed by atoms with van der Waals surface area (Å²) in [5.41, 5.74) is 0.647. The van der Waals surface area contributed by atoms with E-state index in [2.05, 4.69) is 15.5 Å². The van der Waals surface area contributed by atoms with Gasteiger partial charge in [0, 0.05) is 54.9 Å². The van der Waals surface area contributed by atoms with Gasteiger partial charge in [0.1, 0.15) is 5.82 Å². The lowest BCUT2D eigenvalue weighted by Crippen LogP contribution is -2.71. The molecule has 4 heterocycles. The number of nitrogens with zero attached hydrogens (tertiary/aromatic N) is 4. The van der Waals surface area contributed by atoms with E-state index in [1.807, 2.05) is 9.80 Å². The number of H-pyrrole nitrogens is 1. The number of hydrogen-bond acceptors (Lipinski definition) is 6. The number of likely N-dealkylation sites (tertiary alicyclic amines) is 2. The topological polar surface area (TPSA) is 111 Å². The van der Waals surface area contributed by atoms with Crippen LogP contribution in [0.4, 0.5) is 4.79 Å². The Morgan fingerprint density at radius 2 is 1.62 bits per heavy atom. The average Bonchev–Trinajstić information content (AvgIpc) is 3.33. The molecule has 1 aromatic heterocycles. The molecule has 3 saturated carbocycles. The van der Waals surface area contributed by atoms with Crippen molar-refractivity contribution in [1.29, 1.82) is 0 Å². The molecule has 174 valence electrons. The van der Waals surface area contributed by atoms with Crippen LogP contribution in [0, 0.1) is 16.7 Å². The summed E-state index contributed by atoms with van der Waals surface area (Å²) in [5, 5.41) is 11.0. The van der Waals surface area contributed by atoms with E-state index < -0.39 is 9.84 Å². The Morgan fingerprint density at radius 3 is 2.22 bits per heavy atom. The van der Waals surface area contributed by atoms with E-state index in [1.165, 1.54) is 12.8 Å². The average molecular weight is 461 g/mol. The maximum atomic E-state index is 12.9. The Hall–Kier alpha value is -1.68. The zero-order chi connectivity index (χ0) is 21.7. The van der Waals surface area contributed by atoms with Gasteiger partial charge in [-0.15, -0.1) is 0 Å². The number of rotatable bonds is 5. The fourth-order valence-corrected chi connectivity index (χ4v) is 8.38. The van der Waals surface area contributed by atoms with E-state index in [-0.39, 0.29) is 12.1 Å². The number of sulfone groups is 1. The quantitative estimate of drug-likeness (QED) is 0.680. The Bertz CT molecular complexity index is 1030. The number of carbonyl (C=O) groups is 1. The van der Waals surface area contributed by atoms with Crippen molar-refractivity contribution >= 4 is 15.9 Å². The van der Waals surface area contributed by atoms with E-state index in [4.69, 9.17) is 4.98 Å². The minimum Gasteiger partial charge on any atom is -0.323 e. The third-order valence-corrected chi connectivity index (χ3v) is 10.7. The number of carbonyl (C=O) groups excluding carboxylic acids is 1. The highest BCUT2D eigenvalue weighted by atomic mass is 32.2. The van der Waals surface area contributed by atoms with Crippen LogP contribution < -0.4 is 5.32 Å². The van der Waals surface area contributed by atoms with Gasteiger partial charge >= 0.3 is 6.03 Å². The molecule has 7 rings (SSSR count). The van der Waals surface area contributed by atoms with E-state index in [1.54, 1.807) is 0 Å². The van der Waals surface area contributed by atoms with E-state index >= 15 is 0 Å². The third-order valence-electron chi connectivity index (χ3n) is 8.90. The maximum absolute atomic E-state index is 12.9. The van der Waals surface area contributed by atoms with Crippen molar-refractivity contribution in [2.45, 2.75) is 56.4 Å². The first kappa shape index (κ1) is 19.8. The second-order valence-electron chi connectivity index (χ2n) is 11.9. The van der Waals surface area contributed by atoms with Crippen molar-refractivity contribution in [3.63, 3.8) is 0 Å². The monoisotopic (exact) mass is 460 g/mol. The van der Waals surface area contributed by atoms with Crippen molar-refractivity contribution in [3.8, 4) is 0 Å². The zero-order valence-corrected chi connectivity index (χ0v) is 19.2. The largest absolute Gasteiger partial charge is 0.323 e. The van der Waals surface area contributed by atoms with Crippen LogP contribution in [0.2, 0.25) is 0 Å². The number of hydrogen-bond donors (Lipinski definition) is 2. The second-order valence-corrected chi connectivity index (χ2v) is 14.1. The summed E-state index contributed by atoms with van der Waals surface area (Å²) in [6.45, 7) is 4.49. The molecule has 9 nitrogen and oxygen atoms in total. The standard InChI is InChI=1S/C22H32N6O3S/c29-20(27-10-21(11-27)3-14(4-21)7-23-17-8-32(30,31)9-17)28-12-22(13-28)5-16(6-22)19-24-18(25-26-19)15-1-2-15/h14-17,23H,1-13H2,(H,24,25,26). The maximum Gasteiger partial charge on any atom is 0.320 e. The summed E-state index contributed by atoms with van der Waals surface area (Å²) in [6, 6.07) is 0.379. The highest BCUT2D eigenvalue weighted by Crippen LogP contribution is 2.57. The lowest BCUT2D eigenvalue weighted by Gasteiger charge is -2.63. The second kappa shape index (κ2) is 6.46. The van der Waals surface area contributed by atoms with Crippen LogP contribution in [0.25, 0.3) is 0 Å². The van der Waals surface area contributed by atoms with E-state index in [0.717, 1.165) is 70.1 Å². The lowest BCUT2D eigenvalue weighted by molar-refractivity contribution is -0.100. The summed E-state index contributed by atoms with van der Waals surface area (Å²) in [7, 11) is -2.75. The highest BCUT2D eigenvalue weighted by Gasteiger charge is 2.58. The fourth-order valence-electron chi connectivity index (χ4n) is 7.02. The molecule has 0 radical (unpaired) electrons. The van der Waals surface area contributed by atoms with Crippen LogP contribution in [0.3, 0.4) is 0 Å². The van der Waals surface area contributed by atoms with Crippen molar-refractivity contribution < 1.29 is 13.2 Å². The van der Waals surface area contributed by atoms with Crippen LogP contribution in [-0.2, 0) is 9.84 Å². The molecule has 1 aromatic rings. The normalized spacial score (nSPS) is 30.4. The molecule has 3 aliphatic carbocycles. The van der Waals surface area contributed by atoms with Crippen molar-refractivity contribution in [3.05, 3.63) is 11.6 Å². The van der Waals surface area contributed by atoms with Crippen LogP contribution in [0.15, 0.2) is 0 Å². The molecular weight excluding hydrogens is 428 g/mol. The molecule has 2 N–H and O–H groups in total. The smallest absolute Gasteiger partial charge is 0.320 e. The van der Waals surface area contributed by atoms with Gasteiger partial charge in [0.25, 0.3) is 0 Å². The molecule has 6 fully saturated rings. The molecule has 0 atom stereocenters. The van der Waals surface area contributed by atoms with Gasteiger partial charge in [0.05, 0.1) is 11.5 Å². The lowest BCUT2D eigenvalue weighted by atomic mass is 9.57. The summed E-state index contributed by atoms with van der Waals surface area (Å²) in [4.78, 5) is 21.6.